The number of thiazole rings is 1. The zero-order chi connectivity index (χ0) is 12.3. The largest absolute Gasteiger partial charge is 0.346 e. The molecule has 0 aliphatic carbocycles. The van der Waals surface area contributed by atoms with Gasteiger partial charge in [0, 0.05) is 11.3 Å². The van der Waals surface area contributed by atoms with Crippen LogP contribution in [0.15, 0.2) is 29.8 Å². The third kappa shape index (κ3) is 2.71. The van der Waals surface area contributed by atoms with Crippen molar-refractivity contribution in [1.29, 1.82) is 0 Å². The topological polar surface area (TPSA) is 42.0 Å². The predicted octanol–water partition coefficient (Wildman–Crippen LogP) is 3.47. The van der Waals surface area contributed by atoms with Crippen molar-refractivity contribution >= 4 is 27.8 Å². The van der Waals surface area contributed by atoms with Crippen molar-refractivity contribution < 1.29 is 4.79 Å². The Kier molecular flexibility index (Phi) is 3.54. The summed E-state index contributed by atoms with van der Waals surface area (Å²) in [6.45, 7) is 5.39. The monoisotopic (exact) mass is 245 g/mol. The van der Waals surface area contributed by atoms with Gasteiger partial charge >= 0.3 is 0 Å². The molecule has 17 heavy (non-hydrogen) atoms. The summed E-state index contributed by atoms with van der Waals surface area (Å²) in [6, 6.07) is 7.44. The minimum absolute atomic E-state index is 0.0651. The number of nitrogens with one attached hydrogen (secondary N) is 1. The van der Waals surface area contributed by atoms with Crippen LogP contribution in [0.1, 0.15) is 23.0 Å². The van der Waals surface area contributed by atoms with E-state index in [4.69, 9.17) is 0 Å². The second-order valence-corrected chi connectivity index (χ2v) is 4.49. The zero-order valence-corrected chi connectivity index (χ0v) is 10.4. The summed E-state index contributed by atoms with van der Waals surface area (Å²) >= 11 is 1.54. The summed E-state index contributed by atoms with van der Waals surface area (Å²) < 4.78 is 0. The van der Waals surface area contributed by atoms with E-state index in [0.717, 1.165) is 16.4 Å². The number of hydrogen-bond donors (Lipinski definition) is 1. The van der Waals surface area contributed by atoms with Gasteiger partial charge in [0.15, 0.2) is 5.78 Å². The van der Waals surface area contributed by atoms with E-state index in [-0.39, 0.29) is 5.78 Å². The number of hydrogen-bond acceptors (Lipinski definition) is 4. The minimum atomic E-state index is 0.0651. The van der Waals surface area contributed by atoms with E-state index in [2.05, 4.69) is 17.2 Å². The molecule has 3 nitrogen and oxygen atoms in total. The second kappa shape index (κ2) is 5.10. The summed E-state index contributed by atoms with van der Waals surface area (Å²) in [5.74, 6) is 0.0651. The van der Waals surface area contributed by atoms with Crippen LogP contribution in [0.25, 0.3) is 0 Å². The van der Waals surface area contributed by atoms with Crippen molar-refractivity contribution in [1.82, 2.24) is 4.98 Å². The molecule has 0 aliphatic rings. The molecule has 4 heteroatoms. The molecule has 0 unspecified atom stereocenters. The maximum Gasteiger partial charge on any atom is 0.159 e. The molecule has 0 saturated heterocycles. The van der Waals surface area contributed by atoms with Crippen LogP contribution < -0.4 is 5.32 Å². The normalized spacial score (nSPS) is 10.2. The highest BCUT2D eigenvalue weighted by atomic mass is 32.1. The third-order valence-electron chi connectivity index (χ3n) is 2.40. The maximum atomic E-state index is 11.3. The van der Waals surface area contributed by atoms with Crippen LogP contribution in [-0.4, -0.2) is 10.8 Å². The van der Waals surface area contributed by atoms with Gasteiger partial charge in [-0.2, -0.15) is 0 Å². The van der Waals surface area contributed by atoms with E-state index < -0.39 is 0 Å². The van der Waals surface area contributed by atoms with E-state index in [1.807, 2.05) is 24.3 Å². The smallest absolute Gasteiger partial charge is 0.159 e. The highest BCUT2D eigenvalue weighted by molar-refractivity contribution is 7.14. The number of nitrogens with zero attached hydrogens (tertiary/aromatic N) is 1. The lowest BCUT2D eigenvalue weighted by Gasteiger charge is -2.06. The molecule has 1 N–H and O–H groups in total. The molecule has 0 spiro atoms. The quantitative estimate of drug-likeness (QED) is 0.839. The van der Waals surface area contributed by atoms with Crippen LogP contribution in [0.2, 0.25) is 0 Å². The summed E-state index contributed by atoms with van der Waals surface area (Å²) in [7, 11) is 0. The van der Waals surface area contributed by atoms with Gasteiger partial charge in [-0.25, -0.2) is 4.98 Å². The Labute approximate surface area is 105 Å². The Morgan fingerprint density at radius 3 is 3.06 bits per heavy atom. The molecule has 0 amide bonds. The van der Waals surface area contributed by atoms with Gasteiger partial charge in [0.25, 0.3) is 0 Å². The number of anilines is 2. The number of aromatic nitrogens is 1. The fourth-order valence-electron chi connectivity index (χ4n) is 1.50. The summed E-state index contributed by atoms with van der Waals surface area (Å²) in [6.07, 6.45) is 0.651. The van der Waals surface area contributed by atoms with Gasteiger partial charge in [-0.3, -0.25) is 4.79 Å². The fraction of sp³-hybridized carbons (Fsp3) is 0.154. The summed E-state index contributed by atoms with van der Waals surface area (Å²) in [5, 5.41) is 4.25. The van der Waals surface area contributed by atoms with Gasteiger partial charge in [-0.1, -0.05) is 12.1 Å². The van der Waals surface area contributed by atoms with E-state index in [1.54, 1.807) is 12.4 Å². The SMILES string of the molecule is [CH2]Cc1ncsc1Nc1cccc(C(C)=O)c1. The molecule has 87 valence electrons. The minimum Gasteiger partial charge on any atom is -0.346 e. The van der Waals surface area contributed by atoms with Crippen molar-refractivity contribution in [3.05, 3.63) is 48.0 Å². The second-order valence-electron chi connectivity index (χ2n) is 3.64. The van der Waals surface area contributed by atoms with Crippen LogP contribution in [0, 0.1) is 6.92 Å². The van der Waals surface area contributed by atoms with Gasteiger partial charge in [-0.05, 0) is 32.4 Å². The Morgan fingerprint density at radius 2 is 2.35 bits per heavy atom. The zero-order valence-electron chi connectivity index (χ0n) is 9.56. The Bertz CT molecular complexity index is 534. The van der Waals surface area contributed by atoms with Gasteiger partial charge in [-0.15, -0.1) is 11.3 Å². The fourth-order valence-corrected chi connectivity index (χ4v) is 2.25. The lowest BCUT2D eigenvalue weighted by molar-refractivity contribution is 0.101. The summed E-state index contributed by atoms with van der Waals surface area (Å²) in [5.41, 5.74) is 4.34. The Morgan fingerprint density at radius 1 is 1.53 bits per heavy atom. The maximum absolute atomic E-state index is 11.3. The molecule has 0 aliphatic heterocycles. The van der Waals surface area contributed by atoms with Gasteiger partial charge < -0.3 is 5.32 Å². The first-order valence-corrected chi connectivity index (χ1v) is 6.18. The first-order valence-electron chi connectivity index (χ1n) is 5.30. The third-order valence-corrected chi connectivity index (χ3v) is 3.19. The number of carbonyl (C=O) groups is 1. The standard InChI is InChI=1S/C13H13N2OS/c1-3-12-13(17-8-14-12)15-11-6-4-5-10(7-11)9(2)16/h4-8,15H,1,3H2,2H3. The summed E-state index contributed by atoms with van der Waals surface area (Å²) in [4.78, 5) is 15.5. The van der Waals surface area contributed by atoms with Crippen LogP contribution in [0.3, 0.4) is 0 Å². The predicted molar refractivity (Wildman–Crippen MR) is 70.9 cm³/mol. The molecule has 2 rings (SSSR count). The molecule has 1 aromatic carbocycles. The number of carbonyl (C=O) groups excluding carboxylic acids is 1. The van der Waals surface area contributed by atoms with E-state index in [9.17, 15) is 4.79 Å². The van der Waals surface area contributed by atoms with Crippen LogP contribution in [-0.2, 0) is 6.42 Å². The van der Waals surface area contributed by atoms with Gasteiger partial charge in [0.05, 0.1) is 11.2 Å². The van der Waals surface area contributed by atoms with E-state index in [0.29, 0.717) is 12.0 Å². The molecule has 0 atom stereocenters. The van der Waals surface area contributed by atoms with Gasteiger partial charge in [0.2, 0.25) is 0 Å². The first-order chi connectivity index (χ1) is 8.20. The van der Waals surface area contributed by atoms with Crippen molar-refractivity contribution in [3.63, 3.8) is 0 Å². The van der Waals surface area contributed by atoms with Crippen LogP contribution in [0.5, 0.6) is 0 Å². The Balaban J connectivity index is 2.24. The number of benzene rings is 1. The number of rotatable bonds is 4. The lowest BCUT2D eigenvalue weighted by Crippen LogP contribution is -1.96. The van der Waals surface area contributed by atoms with E-state index >= 15 is 0 Å². The molecular formula is C13H13N2OS. The molecular weight excluding hydrogens is 232 g/mol. The first kappa shape index (κ1) is 11.8. The average molecular weight is 245 g/mol. The highest BCUT2D eigenvalue weighted by Gasteiger charge is 2.05. The molecule has 0 fully saturated rings. The highest BCUT2D eigenvalue weighted by Crippen LogP contribution is 2.25. The average Bonchev–Trinajstić information content (AvgIpc) is 2.76. The van der Waals surface area contributed by atoms with Crippen molar-refractivity contribution in [2.75, 3.05) is 5.32 Å². The molecule has 2 aromatic rings. The molecule has 1 aromatic heterocycles. The van der Waals surface area contributed by atoms with Crippen molar-refractivity contribution in [2.45, 2.75) is 13.3 Å². The van der Waals surface area contributed by atoms with Crippen molar-refractivity contribution in [3.8, 4) is 0 Å². The molecule has 0 bridgehead atoms. The Hall–Kier alpha value is -1.68. The van der Waals surface area contributed by atoms with Crippen LogP contribution in [0.4, 0.5) is 10.7 Å². The molecule has 0 saturated carbocycles. The molecule has 1 radical (unpaired) electrons. The number of Topliss-reactive ketones (excluding diaryl/α,β-unsaturated/α-hetero) is 1. The van der Waals surface area contributed by atoms with Crippen molar-refractivity contribution in [2.24, 2.45) is 0 Å². The number of ketones is 1. The van der Waals surface area contributed by atoms with E-state index in [1.165, 1.54) is 11.3 Å². The molecule has 1 heterocycles. The lowest BCUT2D eigenvalue weighted by atomic mass is 10.1. The van der Waals surface area contributed by atoms with Gasteiger partial charge in [0.1, 0.15) is 5.00 Å². The van der Waals surface area contributed by atoms with Crippen LogP contribution >= 0.6 is 11.3 Å².